The number of hydrogen-bond donors (Lipinski definition) is 1. The Bertz CT molecular complexity index is 234. The topological polar surface area (TPSA) is 12.0 Å². The Kier molecular flexibility index (Phi) is 3.32. The molecule has 12 heavy (non-hydrogen) atoms. The van der Waals surface area contributed by atoms with Crippen LogP contribution in [0.1, 0.15) is 6.92 Å². The van der Waals surface area contributed by atoms with Crippen LogP contribution in [-0.4, -0.2) is 14.6 Å². The monoisotopic (exact) mass is 199 g/mol. The van der Waals surface area contributed by atoms with Crippen LogP contribution in [0.15, 0.2) is 30.3 Å². The number of halogens is 1. The lowest BCUT2D eigenvalue weighted by molar-refractivity contribution is 1.16. The van der Waals surface area contributed by atoms with Gasteiger partial charge in [-0.25, -0.2) is 0 Å². The van der Waals surface area contributed by atoms with E-state index in [4.69, 9.17) is 11.1 Å². The minimum atomic E-state index is -1.85. The van der Waals surface area contributed by atoms with Crippen LogP contribution in [-0.2, 0) is 0 Å². The maximum Gasteiger partial charge on any atom is 0.257 e. The number of hydrogen-bond acceptors (Lipinski definition) is 1. The second kappa shape index (κ2) is 4.08. The van der Waals surface area contributed by atoms with Gasteiger partial charge in [0.1, 0.15) is 0 Å². The Morgan fingerprint density at radius 2 is 1.92 bits per heavy atom. The predicted molar refractivity (Wildman–Crippen MR) is 57.2 cm³/mol. The van der Waals surface area contributed by atoms with E-state index in [0.29, 0.717) is 0 Å². The quantitative estimate of drug-likeness (QED) is 0.579. The Labute approximate surface area is 79.5 Å². The lowest BCUT2D eigenvalue weighted by atomic mass is 10.4. The third kappa shape index (κ3) is 1.89. The summed E-state index contributed by atoms with van der Waals surface area (Å²) in [5.41, 5.74) is 0. The second-order valence-corrected chi connectivity index (χ2v) is 8.09. The van der Waals surface area contributed by atoms with Crippen LogP contribution in [0.5, 0.6) is 0 Å². The summed E-state index contributed by atoms with van der Waals surface area (Å²) in [6, 6.07) is 11.3. The van der Waals surface area contributed by atoms with Crippen LogP contribution >= 0.6 is 11.1 Å². The van der Waals surface area contributed by atoms with Crippen molar-refractivity contribution in [3.05, 3.63) is 30.3 Å². The highest BCUT2D eigenvalue weighted by Crippen LogP contribution is 2.09. The highest BCUT2D eigenvalue weighted by molar-refractivity contribution is 7.26. The summed E-state index contributed by atoms with van der Waals surface area (Å²) in [7, 11) is 0.0890. The third-order valence-corrected chi connectivity index (χ3v) is 7.15. The summed E-state index contributed by atoms with van der Waals surface area (Å²) in [6.45, 7) is 2.13. The fourth-order valence-corrected chi connectivity index (χ4v) is 3.38. The van der Waals surface area contributed by atoms with Crippen molar-refractivity contribution in [2.24, 2.45) is 0 Å². The molecule has 0 heterocycles. The molecule has 0 radical (unpaired) electrons. The van der Waals surface area contributed by atoms with Gasteiger partial charge in [0.25, 0.3) is 7.55 Å². The lowest BCUT2D eigenvalue weighted by Gasteiger charge is -2.21. The lowest BCUT2D eigenvalue weighted by Crippen LogP contribution is -2.53. The average molecular weight is 200 g/mol. The van der Waals surface area contributed by atoms with Crippen LogP contribution in [0, 0.1) is 0 Å². The Balaban J connectivity index is 2.95. The number of rotatable bonds is 3. The predicted octanol–water partition coefficient (Wildman–Crippen LogP) is 1.81. The first-order valence-corrected chi connectivity index (χ1v) is 7.38. The van der Waals surface area contributed by atoms with E-state index in [1.165, 1.54) is 5.19 Å². The van der Waals surface area contributed by atoms with Crippen LogP contribution < -0.4 is 10.2 Å². The normalized spacial score (nSPS) is 15.6. The van der Waals surface area contributed by atoms with Crippen LogP contribution in [0.2, 0.25) is 6.04 Å². The summed E-state index contributed by atoms with van der Waals surface area (Å²) < 4.78 is 0. The van der Waals surface area contributed by atoms with Gasteiger partial charge in [-0.15, -0.1) is 11.1 Å². The first-order chi connectivity index (χ1) is 5.73. The molecule has 0 aliphatic carbocycles. The molecule has 3 heteroatoms. The molecule has 1 nitrogen and oxygen atoms in total. The molecule has 0 saturated carbocycles. The summed E-state index contributed by atoms with van der Waals surface area (Å²) in [4.78, 5) is 3.25. The van der Waals surface area contributed by atoms with E-state index in [1.54, 1.807) is 0 Å². The zero-order chi connectivity index (χ0) is 9.03. The Morgan fingerprint density at radius 1 is 1.33 bits per heavy atom. The van der Waals surface area contributed by atoms with E-state index < -0.39 is 7.55 Å². The Hall–Kier alpha value is -0.313. The fraction of sp³-hybridized carbons (Fsp3) is 0.333. The van der Waals surface area contributed by atoms with Crippen molar-refractivity contribution in [2.45, 2.75) is 13.0 Å². The minimum absolute atomic E-state index is 1.01. The van der Waals surface area contributed by atoms with Gasteiger partial charge in [0.2, 0.25) is 0 Å². The first-order valence-electron chi connectivity index (χ1n) is 4.16. The van der Waals surface area contributed by atoms with Crippen molar-refractivity contribution in [1.82, 2.24) is 4.98 Å². The molecule has 1 aromatic carbocycles. The highest BCUT2D eigenvalue weighted by Gasteiger charge is 2.28. The molecule has 1 rings (SSSR count). The third-order valence-electron chi connectivity index (χ3n) is 2.11. The molecule has 66 valence electrons. The van der Waals surface area contributed by atoms with Gasteiger partial charge < -0.3 is 4.98 Å². The van der Waals surface area contributed by atoms with Crippen molar-refractivity contribution < 1.29 is 0 Å². The van der Waals surface area contributed by atoms with Gasteiger partial charge in [0, 0.05) is 0 Å². The highest BCUT2D eigenvalue weighted by atomic mass is 35.6. The largest absolute Gasteiger partial charge is 0.325 e. The SMILES string of the molecule is CC[Si](Cl)(NC)c1ccccc1. The van der Waals surface area contributed by atoms with E-state index in [-0.39, 0.29) is 0 Å². The molecule has 0 fully saturated rings. The van der Waals surface area contributed by atoms with E-state index in [0.717, 1.165) is 6.04 Å². The maximum absolute atomic E-state index is 6.46. The molecular formula is C9H14ClNSi. The van der Waals surface area contributed by atoms with Crippen LogP contribution in [0.4, 0.5) is 0 Å². The standard InChI is InChI=1S/C9H14ClNSi/c1-3-12(10,11-2)9-7-5-4-6-8-9/h4-8,11H,3H2,1-2H3. The summed E-state index contributed by atoms with van der Waals surface area (Å²) >= 11 is 6.46. The molecule has 1 N–H and O–H groups in total. The van der Waals surface area contributed by atoms with E-state index in [2.05, 4.69) is 24.0 Å². The van der Waals surface area contributed by atoms with Gasteiger partial charge in [-0.05, 0) is 18.3 Å². The fourth-order valence-electron chi connectivity index (χ4n) is 1.23. The van der Waals surface area contributed by atoms with Crippen LogP contribution in [0.25, 0.3) is 0 Å². The van der Waals surface area contributed by atoms with Gasteiger partial charge in [0.15, 0.2) is 0 Å². The molecule has 0 bridgehead atoms. The first kappa shape index (κ1) is 9.77. The Morgan fingerprint density at radius 3 is 2.33 bits per heavy atom. The zero-order valence-corrected chi connectivity index (χ0v) is 9.23. The van der Waals surface area contributed by atoms with Crippen molar-refractivity contribution in [3.63, 3.8) is 0 Å². The van der Waals surface area contributed by atoms with Gasteiger partial charge in [-0.3, -0.25) is 0 Å². The summed E-state index contributed by atoms with van der Waals surface area (Å²) in [5.74, 6) is 0. The second-order valence-electron chi connectivity index (χ2n) is 2.77. The maximum atomic E-state index is 6.46. The summed E-state index contributed by atoms with van der Waals surface area (Å²) in [5, 5.41) is 1.26. The summed E-state index contributed by atoms with van der Waals surface area (Å²) in [6.07, 6.45) is 0. The van der Waals surface area contributed by atoms with Crippen molar-refractivity contribution in [1.29, 1.82) is 0 Å². The molecule has 1 aromatic rings. The van der Waals surface area contributed by atoms with Gasteiger partial charge in [0.05, 0.1) is 0 Å². The number of nitrogens with one attached hydrogen (secondary N) is 1. The molecule has 0 amide bonds. The smallest absolute Gasteiger partial charge is 0.257 e. The van der Waals surface area contributed by atoms with Gasteiger partial charge >= 0.3 is 0 Å². The molecule has 1 unspecified atom stereocenters. The molecule has 0 aliphatic heterocycles. The van der Waals surface area contributed by atoms with Crippen molar-refractivity contribution in [2.75, 3.05) is 7.05 Å². The van der Waals surface area contributed by atoms with Crippen LogP contribution in [0.3, 0.4) is 0 Å². The van der Waals surface area contributed by atoms with E-state index in [9.17, 15) is 0 Å². The molecule has 0 spiro atoms. The van der Waals surface area contributed by atoms with Gasteiger partial charge in [-0.2, -0.15) is 0 Å². The van der Waals surface area contributed by atoms with Crippen molar-refractivity contribution >= 4 is 23.8 Å². The molecular weight excluding hydrogens is 186 g/mol. The zero-order valence-electron chi connectivity index (χ0n) is 7.47. The number of benzene rings is 1. The molecule has 0 aromatic heterocycles. The minimum Gasteiger partial charge on any atom is -0.325 e. The van der Waals surface area contributed by atoms with Crippen molar-refractivity contribution in [3.8, 4) is 0 Å². The van der Waals surface area contributed by atoms with E-state index >= 15 is 0 Å². The van der Waals surface area contributed by atoms with E-state index in [1.807, 2.05) is 25.2 Å². The molecule has 0 saturated heterocycles. The van der Waals surface area contributed by atoms with Gasteiger partial charge in [-0.1, -0.05) is 37.3 Å². The molecule has 0 aliphatic rings. The molecule has 1 atom stereocenters. The average Bonchev–Trinajstić information content (AvgIpc) is 2.18.